The molecule has 0 saturated carbocycles. The first-order valence-electron chi connectivity index (χ1n) is 10.6. The molecule has 0 fully saturated rings. The van der Waals surface area contributed by atoms with Crippen LogP contribution in [0.1, 0.15) is 17.1 Å². The van der Waals surface area contributed by atoms with Gasteiger partial charge < -0.3 is 4.57 Å². The van der Waals surface area contributed by atoms with Gasteiger partial charge in [0.25, 0.3) is 15.9 Å². The molecule has 9 heteroatoms. The summed E-state index contributed by atoms with van der Waals surface area (Å²) in [5, 5.41) is 0.770. The van der Waals surface area contributed by atoms with Gasteiger partial charge in [-0.1, -0.05) is 83.9 Å². The number of sulfonamides is 1. The molecular formula is C26H21Cl2N3O3S. The van der Waals surface area contributed by atoms with Gasteiger partial charge in [0.15, 0.2) is 5.15 Å². The van der Waals surface area contributed by atoms with Gasteiger partial charge in [0.1, 0.15) is 5.82 Å². The first-order chi connectivity index (χ1) is 16.7. The lowest BCUT2D eigenvalue weighted by molar-refractivity contribution is -0.114. The van der Waals surface area contributed by atoms with Gasteiger partial charge in [-0.15, -0.1) is 0 Å². The average molecular weight is 526 g/mol. The highest BCUT2D eigenvalue weighted by molar-refractivity contribution is 7.90. The molecule has 3 aromatic carbocycles. The predicted octanol–water partition coefficient (Wildman–Crippen LogP) is 5.73. The van der Waals surface area contributed by atoms with E-state index in [1.165, 1.54) is 18.2 Å². The fourth-order valence-corrected chi connectivity index (χ4v) is 5.03. The number of amides is 1. The van der Waals surface area contributed by atoms with E-state index in [9.17, 15) is 13.2 Å². The number of rotatable bonds is 7. The predicted molar refractivity (Wildman–Crippen MR) is 139 cm³/mol. The van der Waals surface area contributed by atoms with Gasteiger partial charge in [0.05, 0.1) is 17.1 Å². The average Bonchev–Trinajstić information content (AvgIpc) is 3.11. The van der Waals surface area contributed by atoms with Crippen LogP contribution in [0.3, 0.4) is 0 Å². The third-order valence-corrected chi connectivity index (χ3v) is 7.32. The fraction of sp³-hybridized carbons (Fsp3) is 0.0769. The zero-order chi connectivity index (χ0) is 25.0. The standard InChI is InChI=1S/C26H21Cl2N3O3S/c1-18-29-26(28)24(14-15-25(32)30-35(33,34)22-10-6-3-7-11-22)31(18)17-21-13-12-20(16-23(21)27)19-8-4-2-5-9-19/h2-16H,17H2,1H3,(H,30,32). The van der Waals surface area contributed by atoms with Gasteiger partial charge in [-0.05, 0) is 47.9 Å². The Morgan fingerprint density at radius 1 is 0.971 bits per heavy atom. The number of imidazole rings is 1. The van der Waals surface area contributed by atoms with Crippen molar-refractivity contribution in [3.63, 3.8) is 0 Å². The molecular weight excluding hydrogens is 505 g/mol. The molecule has 0 bridgehead atoms. The normalized spacial score (nSPS) is 11.6. The number of benzene rings is 3. The van der Waals surface area contributed by atoms with Crippen molar-refractivity contribution >= 4 is 45.2 Å². The molecule has 0 unspecified atom stereocenters. The number of halogens is 2. The molecule has 0 saturated heterocycles. The minimum absolute atomic E-state index is 0.00531. The maximum atomic E-state index is 12.4. The van der Waals surface area contributed by atoms with Gasteiger partial charge in [-0.25, -0.2) is 18.1 Å². The largest absolute Gasteiger partial charge is 0.323 e. The lowest BCUT2D eigenvalue weighted by atomic mass is 10.0. The SMILES string of the molecule is Cc1nc(Cl)c(C=CC(=O)NS(=O)(=O)c2ccccc2)n1Cc1ccc(-c2ccccc2)cc1Cl. The van der Waals surface area contributed by atoms with E-state index < -0.39 is 15.9 Å². The summed E-state index contributed by atoms with van der Waals surface area (Å²) in [4.78, 5) is 16.6. The van der Waals surface area contributed by atoms with E-state index in [0.29, 0.717) is 23.1 Å². The van der Waals surface area contributed by atoms with Crippen LogP contribution >= 0.6 is 23.2 Å². The summed E-state index contributed by atoms with van der Waals surface area (Å²) in [5.74, 6) is -0.185. The van der Waals surface area contributed by atoms with Crippen LogP contribution in [0.4, 0.5) is 0 Å². The van der Waals surface area contributed by atoms with Gasteiger partial charge in [0.2, 0.25) is 0 Å². The second-order valence-electron chi connectivity index (χ2n) is 7.71. The van der Waals surface area contributed by atoms with Crippen molar-refractivity contribution in [2.75, 3.05) is 0 Å². The fourth-order valence-electron chi connectivity index (χ4n) is 3.54. The number of aryl methyl sites for hydroxylation is 1. The van der Waals surface area contributed by atoms with Gasteiger partial charge in [0, 0.05) is 11.1 Å². The van der Waals surface area contributed by atoms with E-state index >= 15 is 0 Å². The Labute approximate surface area is 213 Å². The van der Waals surface area contributed by atoms with Crippen LogP contribution in [0.15, 0.2) is 89.8 Å². The van der Waals surface area contributed by atoms with Crippen LogP contribution in [-0.2, 0) is 21.4 Å². The summed E-state index contributed by atoms with van der Waals surface area (Å²) < 4.78 is 28.6. The van der Waals surface area contributed by atoms with E-state index in [-0.39, 0.29) is 10.0 Å². The Balaban J connectivity index is 1.55. The Hall–Kier alpha value is -3.39. The zero-order valence-electron chi connectivity index (χ0n) is 18.7. The molecule has 178 valence electrons. The van der Waals surface area contributed by atoms with Gasteiger partial charge >= 0.3 is 0 Å². The highest BCUT2D eigenvalue weighted by atomic mass is 35.5. The van der Waals surface area contributed by atoms with E-state index in [1.807, 2.05) is 53.3 Å². The molecule has 0 atom stereocenters. The van der Waals surface area contributed by atoms with Crippen LogP contribution < -0.4 is 4.72 Å². The van der Waals surface area contributed by atoms with Crippen LogP contribution in [0.5, 0.6) is 0 Å². The highest BCUT2D eigenvalue weighted by Gasteiger charge is 2.17. The monoisotopic (exact) mass is 525 g/mol. The topological polar surface area (TPSA) is 81.1 Å². The Morgan fingerprint density at radius 3 is 2.29 bits per heavy atom. The summed E-state index contributed by atoms with van der Waals surface area (Å²) in [5.41, 5.74) is 3.35. The van der Waals surface area contributed by atoms with Crippen molar-refractivity contribution in [1.29, 1.82) is 0 Å². The number of hydrogen-bond acceptors (Lipinski definition) is 4. The highest BCUT2D eigenvalue weighted by Crippen LogP contribution is 2.28. The number of carbonyl (C=O) groups excluding carboxylic acids is 1. The molecule has 0 aliphatic heterocycles. The Kier molecular flexibility index (Phi) is 7.40. The van der Waals surface area contributed by atoms with Gasteiger partial charge in [-0.2, -0.15) is 0 Å². The molecule has 6 nitrogen and oxygen atoms in total. The number of aromatic nitrogens is 2. The van der Waals surface area contributed by atoms with Crippen molar-refractivity contribution in [3.8, 4) is 11.1 Å². The third-order valence-electron chi connectivity index (χ3n) is 5.32. The summed E-state index contributed by atoms with van der Waals surface area (Å²) >= 11 is 12.9. The maximum absolute atomic E-state index is 12.4. The van der Waals surface area contributed by atoms with Crippen molar-refractivity contribution in [1.82, 2.24) is 14.3 Å². The first-order valence-corrected chi connectivity index (χ1v) is 12.8. The number of hydrogen-bond donors (Lipinski definition) is 1. The molecule has 4 aromatic rings. The molecule has 0 spiro atoms. The Morgan fingerprint density at radius 2 is 1.63 bits per heavy atom. The smallest absolute Gasteiger partial charge is 0.264 e. The van der Waals surface area contributed by atoms with E-state index in [2.05, 4.69) is 4.98 Å². The molecule has 35 heavy (non-hydrogen) atoms. The summed E-state index contributed by atoms with van der Waals surface area (Å²) in [6.45, 7) is 2.15. The quantitative estimate of drug-likeness (QED) is 0.312. The minimum atomic E-state index is -3.98. The number of nitrogens with one attached hydrogen (secondary N) is 1. The zero-order valence-corrected chi connectivity index (χ0v) is 21.0. The summed E-state index contributed by atoms with van der Waals surface area (Å²) in [6.07, 6.45) is 2.55. The lowest BCUT2D eigenvalue weighted by Gasteiger charge is -2.12. The minimum Gasteiger partial charge on any atom is -0.323 e. The second-order valence-corrected chi connectivity index (χ2v) is 10.2. The molecule has 4 rings (SSSR count). The van der Waals surface area contributed by atoms with E-state index in [1.54, 1.807) is 29.7 Å². The van der Waals surface area contributed by atoms with E-state index in [0.717, 1.165) is 22.8 Å². The summed E-state index contributed by atoms with van der Waals surface area (Å²) in [6, 6.07) is 23.4. The van der Waals surface area contributed by atoms with Gasteiger partial charge in [-0.3, -0.25) is 4.79 Å². The third kappa shape index (κ3) is 5.82. The molecule has 1 amide bonds. The van der Waals surface area contributed by atoms with E-state index in [4.69, 9.17) is 23.2 Å². The lowest BCUT2D eigenvalue weighted by Crippen LogP contribution is -2.28. The van der Waals surface area contributed by atoms with Crippen molar-refractivity contribution in [3.05, 3.63) is 112 Å². The summed E-state index contributed by atoms with van der Waals surface area (Å²) in [7, 11) is -3.98. The first kappa shape index (κ1) is 24.7. The molecule has 1 aromatic heterocycles. The molecule has 0 aliphatic carbocycles. The molecule has 1 heterocycles. The molecule has 0 radical (unpaired) electrons. The molecule has 0 aliphatic rings. The second kappa shape index (κ2) is 10.5. The van der Waals surface area contributed by atoms with Crippen LogP contribution in [0, 0.1) is 6.92 Å². The van der Waals surface area contributed by atoms with Crippen molar-refractivity contribution in [2.45, 2.75) is 18.4 Å². The van der Waals surface area contributed by atoms with Crippen LogP contribution in [-0.4, -0.2) is 23.9 Å². The van der Waals surface area contributed by atoms with Crippen molar-refractivity contribution in [2.24, 2.45) is 0 Å². The van der Waals surface area contributed by atoms with Crippen molar-refractivity contribution < 1.29 is 13.2 Å². The number of nitrogens with zero attached hydrogens (tertiary/aromatic N) is 2. The Bertz CT molecular complexity index is 1500. The maximum Gasteiger partial charge on any atom is 0.264 e. The van der Waals surface area contributed by atoms with Crippen LogP contribution in [0.25, 0.3) is 17.2 Å². The van der Waals surface area contributed by atoms with Crippen LogP contribution in [0.2, 0.25) is 10.2 Å². The molecule has 1 N–H and O–H groups in total. The number of carbonyl (C=O) groups is 1.